The fraction of sp³-hybridized carbons (Fsp3) is 0.520. The number of benzene rings is 1. The number of allylic oxidation sites excluding steroid dienone is 2. The van der Waals surface area contributed by atoms with Crippen molar-refractivity contribution in [3.8, 4) is 5.75 Å². The molecule has 0 atom stereocenters. The molecule has 0 amide bonds. The number of hydrogen-bond donors (Lipinski definition) is 2. The number of phenols is 1. The van der Waals surface area contributed by atoms with Crippen LogP contribution in [0.3, 0.4) is 0 Å². The molecule has 3 rings (SSSR count). The maximum absolute atomic E-state index is 13.2. The van der Waals surface area contributed by atoms with Gasteiger partial charge in [0.15, 0.2) is 5.78 Å². The molecule has 0 radical (unpaired) electrons. The molecule has 5 nitrogen and oxygen atoms in total. The molecule has 0 aliphatic heterocycles. The normalized spacial score (nSPS) is 14.1. The minimum atomic E-state index is -0.285. The molecule has 1 aromatic heterocycles. The number of hydrogen-bond acceptors (Lipinski definition) is 3. The lowest BCUT2D eigenvalue weighted by Crippen LogP contribution is -2.27. The number of halogens is 1. The molecule has 2 N–H and O–H groups in total. The van der Waals surface area contributed by atoms with Crippen molar-refractivity contribution in [2.24, 2.45) is 0 Å². The summed E-state index contributed by atoms with van der Waals surface area (Å²) in [5.74, 6) is 0.218. The molecule has 6 heteroatoms. The van der Waals surface area contributed by atoms with Gasteiger partial charge in [-0.1, -0.05) is 53.2 Å². The van der Waals surface area contributed by atoms with E-state index < -0.39 is 0 Å². The van der Waals surface area contributed by atoms with Gasteiger partial charge in [-0.3, -0.25) is 10.2 Å². The summed E-state index contributed by atoms with van der Waals surface area (Å²) in [7, 11) is 0. The molecule has 31 heavy (non-hydrogen) atoms. The van der Waals surface area contributed by atoms with Crippen molar-refractivity contribution in [3.63, 3.8) is 0 Å². The summed E-state index contributed by atoms with van der Waals surface area (Å²) in [5, 5.41) is 19.3. The fourth-order valence-electron chi connectivity index (χ4n) is 3.74. The highest BCUT2D eigenvalue weighted by Crippen LogP contribution is 2.39. The number of nitrogens with one attached hydrogen (secondary N) is 1. The van der Waals surface area contributed by atoms with Gasteiger partial charge >= 0.3 is 0 Å². The first-order valence-corrected chi connectivity index (χ1v) is 10.8. The van der Waals surface area contributed by atoms with Crippen molar-refractivity contribution in [2.75, 3.05) is 0 Å². The molecule has 1 aliphatic rings. The number of Topliss-reactive ketones (excluding diaryl/α,β-unsaturated/α-hetero) is 1. The van der Waals surface area contributed by atoms with Crippen LogP contribution >= 0.6 is 17.0 Å². The number of nitrogens with zero attached hydrogens (tertiary/aromatic N) is 2. The maximum Gasteiger partial charge on any atom is 0.202 e. The molecule has 1 aromatic carbocycles. The lowest BCUT2D eigenvalue weighted by molar-refractivity contribution is 0.0970. The Kier molecular flexibility index (Phi) is 7.47. The zero-order valence-electron chi connectivity index (χ0n) is 19.6. The van der Waals surface area contributed by atoms with Gasteiger partial charge in [0.1, 0.15) is 5.75 Å². The van der Waals surface area contributed by atoms with Crippen LogP contribution in [-0.4, -0.2) is 20.0 Å². The molecule has 1 heterocycles. The number of imidazole rings is 1. The third kappa shape index (κ3) is 5.59. The van der Waals surface area contributed by atoms with Gasteiger partial charge in [0.2, 0.25) is 5.62 Å². The van der Waals surface area contributed by atoms with E-state index in [9.17, 15) is 9.90 Å². The van der Waals surface area contributed by atoms with Crippen LogP contribution in [0.15, 0.2) is 36.2 Å². The maximum atomic E-state index is 13.2. The van der Waals surface area contributed by atoms with Crippen LogP contribution < -0.4 is 5.62 Å². The Morgan fingerprint density at radius 1 is 1.03 bits per heavy atom. The summed E-state index contributed by atoms with van der Waals surface area (Å²) in [5.41, 5.74) is 3.35. The van der Waals surface area contributed by atoms with Gasteiger partial charge in [-0.25, -0.2) is 0 Å². The summed E-state index contributed by atoms with van der Waals surface area (Å²) >= 11 is 0. The lowest BCUT2D eigenvalue weighted by Gasteiger charge is -2.28. The first kappa shape index (κ1) is 25.2. The zero-order chi connectivity index (χ0) is 22.3. The summed E-state index contributed by atoms with van der Waals surface area (Å²) in [6.07, 6.45) is 9.46. The van der Waals surface area contributed by atoms with E-state index in [1.807, 2.05) is 64.4 Å². The topological polar surface area (TPSA) is 71.0 Å². The van der Waals surface area contributed by atoms with E-state index >= 15 is 0 Å². The summed E-state index contributed by atoms with van der Waals surface area (Å²) in [4.78, 5) is 13.2. The lowest BCUT2D eigenvalue weighted by atomic mass is 9.78. The molecular formula is C25H36BrN3O2. The molecule has 0 unspecified atom stereocenters. The number of carbonyl (C=O) groups is 1. The Balaban J connectivity index is 0.00000341. The van der Waals surface area contributed by atoms with Gasteiger partial charge < -0.3 is 14.2 Å². The predicted octanol–water partition coefficient (Wildman–Crippen LogP) is 5.64. The van der Waals surface area contributed by atoms with E-state index in [0.29, 0.717) is 17.7 Å². The number of carbonyl (C=O) groups excluding carboxylic acids is 1. The second-order valence-electron chi connectivity index (χ2n) is 10.5. The largest absolute Gasteiger partial charge is 0.507 e. The molecule has 1 saturated carbocycles. The van der Waals surface area contributed by atoms with Crippen molar-refractivity contribution >= 4 is 22.8 Å². The Labute approximate surface area is 196 Å². The van der Waals surface area contributed by atoms with Gasteiger partial charge in [0.25, 0.3) is 0 Å². The SMILES string of the molecule is Br.CC(C)(C)c1cc(C(=O)Cn2ccn(CC=C3CCC3)c2=N)cc(C(C)(C)C)c1O. The molecule has 2 aromatic rings. The highest BCUT2D eigenvalue weighted by Gasteiger charge is 2.27. The van der Waals surface area contributed by atoms with Gasteiger partial charge in [-0.15, -0.1) is 17.0 Å². The summed E-state index contributed by atoms with van der Waals surface area (Å²) in [6, 6.07) is 3.63. The van der Waals surface area contributed by atoms with Crippen LogP contribution in [-0.2, 0) is 23.9 Å². The molecular weight excluding hydrogens is 454 g/mol. The highest BCUT2D eigenvalue weighted by atomic mass is 79.9. The molecule has 170 valence electrons. The van der Waals surface area contributed by atoms with Gasteiger partial charge in [0, 0.05) is 35.6 Å². The first-order valence-electron chi connectivity index (χ1n) is 10.8. The van der Waals surface area contributed by atoms with Crippen LogP contribution in [0.1, 0.15) is 82.3 Å². The second-order valence-corrected chi connectivity index (χ2v) is 10.5. The third-order valence-corrected chi connectivity index (χ3v) is 5.90. The van der Waals surface area contributed by atoms with Crippen molar-refractivity contribution in [2.45, 2.75) is 84.7 Å². The number of rotatable bonds is 5. The van der Waals surface area contributed by atoms with E-state index in [1.54, 1.807) is 10.8 Å². The summed E-state index contributed by atoms with van der Waals surface area (Å²) < 4.78 is 3.54. The Hall–Kier alpha value is -2.08. The van der Waals surface area contributed by atoms with Gasteiger partial charge in [-0.2, -0.15) is 0 Å². The molecule has 0 spiro atoms. The van der Waals surface area contributed by atoms with Crippen molar-refractivity contribution in [3.05, 3.63) is 58.5 Å². The monoisotopic (exact) mass is 489 g/mol. The highest BCUT2D eigenvalue weighted by molar-refractivity contribution is 8.93. The fourth-order valence-corrected chi connectivity index (χ4v) is 3.74. The Bertz CT molecular complexity index is 1000. The van der Waals surface area contributed by atoms with Crippen LogP contribution in [0.2, 0.25) is 0 Å². The van der Waals surface area contributed by atoms with Gasteiger partial charge in [0.05, 0.1) is 6.54 Å². The quantitative estimate of drug-likeness (QED) is 0.421. The van der Waals surface area contributed by atoms with Crippen LogP contribution in [0, 0.1) is 5.41 Å². The standard InChI is InChI=1S/C25H35N3O2.BrH/c1-24(2,3)19-14-18(15-20(22(19)30)25(4,5)6)21(29)16-28-13-12-27(23(28)26)11-10-17-8-7-9-17;/h10,12-15,26,30H,7-9,11,16H2,1-6H3;1H. The summed E-state index contributed by atoms with van der Waals surface area (Å²) in [6.45, 7) is 13.0. The Morgan fingerprint density at radius 2 is 1.55 bits per heavy atom. The second kappa shape index (κ2) is 9.19. The van der Waals surface area contributed by atoms with Crippen LogP contribution in [0.25, 0.3) is 0 Å². The zero-order valence-corrected chi connectivity index (χ0v) is 21.3. The Morgan fingerprint density at radius 3 is 2.00 bits per heavy atom. The average molecular weight is 490 g/mol. The van der Waals surface area contributed by atoms with E-state index in [0.717, 1.165) is 11.1 Å². The van der Waals surface area contributed by atoms with Crippen molar-refractivity contribution < 1.29 is 9.90 Å². The van der Waals surface area contributed by atoms with Crippen molar-refractivity contribution in [1.29, 1.82) is 5.41 Å². The van der Waals surface area contributed by atoms with E-state index in [4.69, 9.17) is 5.41 Å². The average Bonchev–Trinajstić information content (AvgIpc) is 2.92. The van der Waals surface area contributed by atoms with E-state index in [-0.39, 0.29) is 45.9 Å². The molecule has 1 aliphatic carbocycles. The van der Waals surface area contributed by atoms with E-state index in [2.05, 4.69) is 6.08 Å². The third-order valence-electron chi connectivity index (χ3n) is 5.90. The molecule has 0 bridgehead atoms. The van der Waals surface area contributed by atoms with Crippen LogP contribution in [0.5, 0.6) is 5.75 Å². The molecule has 0 saturated heterocycles. The number of ketones is 1. The molecule has 1 fully saturated rings. The van der Waals surface area contributed by atoms with Crippen LogP contribution in [0.4, 0.5) is 0 Å². The minimum Gasteiger partial charge on any atom is -0.507 e. The predicted molar refractivity (Wildman–Crippen MR) is 130 cm³/mol. The first-order chi connectivity index (χ1) is 13.9. The number of phenolic OH excluding ortho intramolecular Hbond substituents is 1. The van der Waals surface area contributed by atoms with Crippen molar-refractivity contribution in [1.82, 2.24) is 9.13 Å². The minimum absolute atomic E-state index is 0. The number of aromatic hydroxyl groups is 1. The number of aromatic nitrogens is 2. The smallest absolute Gasteiger partial charge is 0.202 e. The van der Waals surface area contributed by atoms with E-state index in [1.165, 1.54) is 24.8 Å². The van der Waals surface area contributed by atoms with Gasteiger partial charge in [-0.05, 0) is 42.2 Å².